The smallest absolute Gasteiger partial charge is 0.138 e. The first-order valence-corrected chi connectivity index (χ1v) is 12.2. The summed E-state index contributed by atoms with van der Waals surface area (Å²) in [7, 11) is 0. The van der Waals surface area contributed by atoms with Crippen molar-refractivity contribution in [2.24, 2.45) is 5.92 Å². The van der Waals surface area contributed by atoms with Crippen LogP contribution >= 0.6 is 0 Å². The van der Waals surface area contributed by atoms with Crippen LogP contribution in [-0.2, 0) is 0 Å². The number of nitrogens with two attached hydrogens (primary N) is 1. The van der Waals surface area contributed by atoms with Crippen LogP contribution in [0.25, 0.3) is 22.2 Å². The molecule has 3 N–H and O–H groups in total. The van der Waals surface area contributed by atoms with Crippen molar-refractivity contribution in [1.29, 1.82) is 0 Å². The molecule has 1 aliphatic carbocycles. The molecule has 6 nitrogen and oxygen atoms in total. The Kier molecular flexibility index (Phi) is 5.38. The highest BCUT2D eigenvalue weighted by Gasteiger charge is 2.38. The maximum absolute atomic E-state index is 9.55. The zero-order valence-corrected chi connectivity index (χ0v) is 19.1. The van der Waals surface area contributed by atoms with Crippen molar-refractivity contribution in [3.05, 3.63) is 78.1 Å². The monoisotopic (exact) mass is 451 g/mol. The standard InChI is InChI=1S/C28H29N5O/c29-27-26-23(15-33(28(26)31-17-30-27)22-11-6-18(16-34)7-12-22)21-9-8-20-10-13-24(32-25(20)14-21)19-4-2-1-3-5-19/h1-5,8-10,13-14,17-18,22-23,34H,6-7,11-12,15-16H2,(H2,29,30,31)/t18-,22+,23?. The molecule has 2 aliphatic rings. The lowest BCUT2D eigenvalue weighted by Gasteiger charge is -2.35. The lowest BCUT2D eigenvalue weighted by molar-refractivity contribution is 0.181. The molecule has 0 bridgehead atoms. The predicted octanol–water partition coefficient (Wildman–Crippen LogP) is 4.78. The number of rotatable bonds is 4. The third kappa shape index (κ3) is 3.68. The van der Waals surface area contributed by atoms with Crippen LogP contribution in [0.3, 0.4) is 0 Å². The number of aromatic nitrogens is 3. The van der Waals surface area contributed by atoms with Gasteiger partial charge in [0.2, 0.25) is 0 Å². The number of aliphatic hydroxyl groups excluding tert-OH is 1. The number of pyridine rings is 1. The van der Waals surface area contributed by atoms with Gasteiger partial charge >= 0.3 is 0 Å². The molecular weight excluding hydrogens is 422 g/mol. The molecule has 1 aliphatic heterocycles. The largest absolute Gasteiger partial charge is 0.396 e. The highest BCUT2D eigenvalue weighted by Crippen LogP contribution is 2.44. The van der Waals surface area contributed by atoms with Crippen molar-refractivity contribution in [3.8, 4) is 11.3 Å². The third-order valence-electron chi connectivity index (χ3n) is 7.60. The molecule has 6 heteroatoms. The SMILES string of the molecule is Nc1ncnc2c1C(c1ccc3ccc(-c4ccccc4)nc3c1)CN2[C@H]1CC[C@@H](CO)CC1. The number of nitrogen functional groups attached to an aromatic ring is 1. The summed E-state index contributed by atoms with van der Waals surface area (Å²) in [5, 5.41) is 10.7. The molecule has 6 rings (SSSR count). The molecule has 0 spiro atoms. The Morgan fingerprint density at radius 2 is 1.74 bits per heavy atom. The van der Waals surface area contributed by atoms with Gasteiger partial charge in [0.25, 0.3) is 0 Å². The van der Waals surface area contributed by atoms with Gasteiger partial charge in [0.15, 0.2) is 0 Å². The molecule has 2 aromatic heterocycles. The summed E-state index contributed by atoms with van der Waals surface area (Å²) < 4.78 is 0. The minimum absolute atomic E-state index is 0.110. The van der Waals surface area contributed by atoms with Crippen molar-refractivity contribution in [3.63, 3.8) is 0 Å². The molecule has 3 heterocycles. The molecular formula is C28H29N5O. The van der Waals surface area contributed by atoms with Crippen molar-refractivity contribution in [2.45, 2.75) is 37.6 Å². The second-order valence-corrected chi connectivity index (χ2v) is 9.57. The molecule has 1 saturated carbocycles. The van der Waals surface area contributed by atoms with E-state index in [1.165, 1.54) is 5.56 Å². The van der Waals surface area contributed by atoms with Gasteiger partial charge in [0.05, 0.1) is 11.2 Å². The van der Waals surface area contributed by atoms with Crippen LogP contribution in [0.1, 0.15) is 42.7 Å². The second-order valence-electron chi connectivity index (χ2n) is 9.57. The van der Waals surface area contributed by atoms with Crippen LogP contribution in [0.5, 0.6) is 0 Å². The van der Waals surface area contributed by atoms with E-state index in [-0.39, 0.29) is 12.5 Å². The Balaban J connectivity index is 1.36. The predicted molar refractivity (Wildman–Crippen MR) is 136 cm³/mol. The fourth-order valence-electron chi connectivity index (χ4n) is 5.69. The quantitative estimate of drug-likeness (QED) is 0.464. The number of hydrogen-bond donors (Lipinski definition) is 2. The summed E-state index contributed by atoms with van der Waals surface area (Å²) in [5.74, 6) is 2.07. The Morgan fingerprint density at radius 1 is 0.941 bits per heavy atom. The van der Waals surface area contributed by atoms with Crippen LogP contribution in [0.2, 0.25) is 0 Å². The van der Waals surface area contributed by atoms with E-state index in [1.54, 1.807) is 6.33 Å². The summed E-state index contributed by atoms with van der Waals surface area (Å²) >= 11 is 0. The van der Waals surface area contributed by atoms with E-state index in [9.17, 15) is 5.11 Å². The molecule has 1 unspecified atom stereocenters. The van der Waals surface area contributed by atoms with Crippen LogP contribution in [0, 0.1) is 5.92 Å². The van der Waals surface area contributed by atoms with E-state index in [1.807, 2.05) is 18.2 Å². The van der Waals surface area contributed by atoms with Gasteiger partial charge in [-0.05, 0) is 49.3 Å². The minimum atomic E-state index is 0.110. The molecule has 0 radical (unpaired) electrons. The maximum atomic E-state index is 9.55. The van der Waals surface area contributed by atoms with E-state index in [0.717, 1.165) is 65.8 Å². The summed E-state index contributed by atoms with van der Waals surface area (Å²) in [5.41, 5.74) is 11.7. The molecule has 172 valence electrons. The normalized spacial score (nSPS) is 22.1. The molecule has 34 heavy (non-hydrogen) atoms. The molecule has 0 saturated heterocycles. The summed E-state index contributed by atoms with van der Waals surface area (Å²) in [6.45, 7) is 1.13. The van der Waals surface area contributed by atoms with Crippen molar-refractivity contribution >= 4 is 22.5 Å². The van der Waals surface area contributed by atoms with E-state index in [0.29, 0.717) is 17.8 Å². The lowest BCUT2D eigenvalue weighted by atomic mass is 9.86. The first-order chi connectivity index (χ1) is 16.7. The summed E-state index contributed by atoms with van der Waals surface area (Å²) in [4.78, 5) is 16.4. The average Bonchev–Trinajstić information content (AvgIpc) is 3.30. The molecule has 0 amide bonds. The lowest BCUT2D eigenvalue weighted by Crippen LogP contribution is -2.38. The van der Waals surface area contributed by atoms with Crippen LogP contribution in [0.15, 0.2) is 67.0 Å². The van der Waals surface area contributed by atoms with Gasteiger partial charge in [0.1, 0.15) is 18.0 Å². The van der Waals surface area contributed by atoms with Gasteiger partial charge in [-0.1, -0.05) is 48.5 Å². The third-order valence-corrected chi connectivity index (χ3v) is 7.60. The zero-order chi connectivity index (χ0) is 23.1. The fourth-order valence-corrected chi connectivity index (χ4v) is 5.69. The van der Waals surface area contributed by atoms with E-state index < -0.39 is 0 Å². The minimum Gasteiger partial charge on any atom is -0.396 e. The number of fused-ring (bicyclic) bond motifs is 2. The topological polar surface area (TPSA) is 88.2 Å². The number of aliphatic hydroxyl groups is 1. The van der Waals surface area contributed by atoms with Gasteiger partial charge in [-0.2, -0.15) is 0 Å². The van der Waals surface area contributed by atoms with Gasteiger partial charge in [-0.15, -0.1) is 0 Å². The molecule has 4 aromatic rings. The molecule has 1 fully saturated rings. The van der Waals surface area contributed by atoms with Gasteiger partial charge in [-0.3, -0.25) is 0 Å². The highest BCUT2D eigenvalue weighted by atomic mass is 16.3. The number of benzene rings is 2. The average molecular weight is 452 g/mol. The van der Waals surface area contributed by atoms with Crippen molar-refractivity contribution in [1.82, 2.24) is 15.0 Å². The van der Waals surface area contributed by atoms with Crippen LogP contribution in [0.4, 0.5) is 11.6 Å². The van der Waals surface area contributed by atoms with Gasteiger partial charge in [-0.25, -0.2) is 15.0 Å². The first-order valence-electron chi connectivity index (χ1n) is 12.2. The number of nitrogens with zero attached hydrogens (tertiary/aromatic N) is 4. The Labute approximate surface area is 199 Å². The van der Waals surface area contributed by atoms with Crippen molar-refractivity contribution in [2.75, 3.05) is 23.8 Å². The summed E-state index contributed by atoms with van der Waals surface area (Å²) in [6.07, 6.45) is 5.83. The Bertz CT molecular complexity index is 1320. The number of anilines is 2. The Hall–Kier alpha value is -3.51. The molecule has 2 aromatic carbocycles. The first kappa shape index (κ1) is 21.1. The maximum Gasteiger partial charge on any atom is 0.138 e. The Morgan fingerprint density at radius 3 is 2.53 bits per heavy atom. The van der Waals surface area contributed by atoms with Gasteiger partial charge < -0.3 is 15.7 Å². The highest BCUT2D eigenvalue weighted by molar-refractivity contribution is 5.83. The van der Waals surface area contributed by atoms with Crippen LogP contribution in [-0.4, -0.2) is 39.3 Å². The van der Waals surface area contributed by atoms with E-state index in [2.05, 4.69) is 57.3 Å². The van der Waals surface area contributed by atoms with Crippen molar-refractivity contribution < 1.29 is 5.11 Å². The van der Waals surface area contributed by atoms with Crippen LogP contribution < -0.4 is 10.6 Å². The second kappa shape index (κ2) is 8.69. The van der Waals surface area contributed by atoms with E-state index in [4.69, 9.17) is 10.7 Å². The number of hydrogen-bond acceptors (Lipinski definition) is 6. The fraction of sp³-hybridized carbons (Fsp3) is 0.321. The molecule has 1 atom stereocenters. The van der Waals surface area contributed by atoms with E-state index >= 15 is 0 Å². The summed E-state index contributed by atoms with van der Waals surface area (Å²) in [6, 6.07) is 21.5. The zero-order valence-electron chi connectivity index (χ0n) is 19.1. The van der Waals surface area contributed by atoms with Gasteiger partial charge in [0, 0.05) is 41.6 Å².